The molecule has 29 heavy (non-hydrogen) atoms. The second kappa shape index (κ2) is 7.90. The van der Waals surface area contributed by atoms with Crippen LogP contribution in [0.1, 0.15) is 23.8 Å². The molecule has 1 aliphatic rings. The maximum atomic E-state index is 13.9. The van der Waals surface area contributed by atoms with Crippen LogP contribution in [0, 0.1) is 5.82 Å². The van der Waals surface area contributed by atoms with E-state index in [2.05, 4.69) is 10.1 Å². The normalized spacial score (nSPS) is 16.3. The molecule has 0 spiro atoms. The third-order valence-corrected chi connectivity index (χ3v) is 4.97. The molecule has 3 aromatic rings. The Kier molecular flexibility index (Phi) is 5.16. The summed E-state index contributed by atoms with van der Waals surface area (Å²) in [6.07, 6.45) is 0.285. The molecule has 0 bridgehead atoms. The van der Waals surface area contributed by atoms with Crippen molar-refractivity contribution in [2.45, 2.75) is 18.9 Å². The van der Waals surface area contributed by atoms with E-state index in [1.807, 2.05) is 24.3 Å². The number of nitrogens with zero attached hydrogens (tertiary/aromatic N) is 3. The van der Waals surface area contributed by atoms with E-state index in [4.69, 9.17) is 14.0 Å². The number of amides is 1. The lowest BCUT2D eigenvalue weighted by Crippen LogP contribution is -2.24. The van der Waals surface area contributed by atoms with Crippen molar-refractivity contribution < 1.29 is 23.2 Å². The van der Waals surface area contributed by atoms with Crippen LogP contribution in [0.25, 0.3) is 11.4 Å². The van der Waals surface area contributed by atoms with E-state index in [1.54, 1.807) is 18.1 Å². The van der Waals surface area contributed by atoms with Crippen LogP contribution in [0.3, 0.4) is 0 Å². The number of carbonyl (C=O) groups is 1. The van der Waals surface area contributed by atoms with Crippen LogP contribution in [-0.2, 0) is 11.3 Å². The zero-order valence-corrected chi connectivity index (χ0v) is 16.1. The molecule has 150 valence electrons. The Morgan fingerprint density at radius 1 is 1.17 bits per heavy atom. The van der Waals surface area contributed by atoms with Gasteiger partial charge in [0.05, 0.1) is 20.1 Å². The van der Waals surface area contributed by atoms with E-state index >= 15 is 0 Å². The lowest BCUT2D eigenvalue weighted by atomic mass is 10.1. The summed E-state index contributed by atoms with van der Waals surface area (Å²) in [4.78, 5) is 18.6. The van der Waals surface area contributed by atoms with Crippen LogP contribution >= 0.6 is 0 Å². The number of carbonyl (C=O) groups excluding carboxylic acids is 1. The van der Waals surface area contributed by atoms with Crippen molar-refractivity contribution in [1.82, 2.24) is 15.0 Å². The van der Waals surface area contributed by atoms with Gasteiger partial charge in [0, 0.05) is 30.6 Å². The topological polar surface area (TPSA) is 77.7 Å². The molecule has 1 saturated heterocycles. The number of benzene rings is 2. The average molecular weight is 397 g/mol. The van der Waals surface area contributed by atoms with Gasteiger partial charge in [-0.25, -0.2) is 4.39 Å². The first-order valence-electron chi connectivity index (χ1n) is 9.16. The Hall–Kier alpha value is -3.42. The summed E-state index contributed by atoms with van der Waals surface area (Å²) in [6, 6.07) is 12.1. The third-order valence-electron chi connectivity index (χ3n) is 4.97. The van der Waals surface area contributed by atoms with Gasteiger partial charge in [-0.3, -0.25) is 4.79 Å². The summed E-state index contributed by atoms with van der Waals surface area (Å²) in [5.41, 5.74) is 1.41. The van der Waals surface area contributed by atoms with Gasteiger partial charge in [-0.05, 0) is 24.3 Å². The van der Waals surface area contributed by atoms with Gasteiger partial charge in [-0.1, -0.05) is 23.4 Å². The molecule has 1 fully saturated rings. The van der Waals surface area contributed by atoms with Crippen molar-refractivity contribution in [3.8, 4) is 22.9 Å². The summed E-state index contributed by atoms with van der Waals surface area (Å²) < 4.78 is 29.6. The van der Waals surface area contributed by atoms with Gasteiger partial charge < -0.3 is 18.9 Å². The van der Waals surface area contributed by atoms with Crippen LogP contribution in [0.4, 0.5) is 4.39 Å². The first-order chi connectivity index (χ1) is 14.1. The number of rotatable bonds is 6. The summed E-state index contributed by atoms with van der Waals surface area (Å²) in [5.74, 6) is 0.827. The minimum absolute atomic E-state index is 0.0103. The number of methoxy groups -OCH3 is 2. The molecule has 0 N–H and O–H groups in total. The van der Waals surface area contributed by atoms with E-state index in [0.717, 1.165) is 11.3 Å². The zero-order valence-electron chi connectivity index (χ0n) is 16.1. The fourth-order valence-electron chi connectivity index (χ4n) is 3.45. The minimum atomic E-state index is -0.504. The smallest absolute Gasteiger partial charge is 0.232 e. The molecule has 1 unspecified atom stereocenters. The highest BCUT2D eigenvalue weighted by molar-refractivity contribution is 5.79. The van der Waals surface area contributed by atoms with Crippen molar-refractivity contribution in [2.24, 2.45) is 0 Å². The molecule has 1 aromatic heterocycles. The molecule has 1 aliphatic heterocycles. The number of aromatic nitrogens is 2. The number of para-hydroxylation sites is 1. The van der Waals surface area contributed by atoms with Crippen molar-refractivity contribution in [3.05, 3.63) is 59.7 Å². The molecule has 1 amide bonds. The number of likely N-dealkylation sites (tertiary alicyclic amines) is 1. The van der Waals surface area contributed by atoms with E-state index in [1.165, 1.54) is 19.2 Å². The fraction of sp³-hybridized carbons (Fsp3) is 0.286. The molecule has 7 nitrogen and oxygen atoms in total. The second-order valence-electron chi connectivity index (χ2n) is 6.79. The van der Waals surface area contributed by atoms with Crippen LogP contribution in [-0.4, -0.2) is 41.7 Å². The number of hydrogen-bond donors (Lipinski definition) is 0. The molecular weight excluding hydrogens is 377 g/mol. The van der Waals surface area contributed by atoms with E-state index in [-0.39, 0.29) is 29.8 Å². The van der Waals surface area contributed by atoms with Crippen molar-refractivity contribution in [1.29, 1.82) is 0 Å². The quantitative estimate of drug-likeness (QED) is 0.634. The van der Waals surface area contributed by atoms with Gasteiger partial charge in [0.15, 0.2) is 11.6 Å². The minimum Gasteiger partial charge on any atom is -0.496 e. The standard InChI is InChI=1S/C21H20FN3O4/c1-27-17-6-4-3-5-14(17)11-25-12-15(10-19(25)26)21-23-20(24-29-21)13-7-8-18(28-2)16(22)9-13/h3-9,15H,10-12H2,1-2H3. The van der Waals surface area contributed by atoms with E-state index < -0.39 is 5.82 Å². The molecule has 4 rings (SSSR count). The van der Waals surface area contributed by atoms with Crippen molar-refractivity contribution in [3.63, 3.8) is 0 Å². The number of ether oxygens (including phenoxy) is 2. The highest BCUT2D eigenvalue weighted by Crippen LogP contribution is 2.31. The molecule has 0 saturated carbocycles. The summed E-state index contributed by atoms with van der Waals surface area (Å²) in [6.45, 7) is 0.916. The highest BCUT2D eigenvalue weighted by Gasteiger charge is 2.34. The molecule has 2 aromatic carbocycles. The third kappa shape index (κ3) is 3.78. The van der Waals surface area contributed by atoms with E-state index in [0.29, 0.717) is 24.5 Å². The van der Waals surface area contributed by atoms with Crippen LogP contribution in [0.2, 0.25) is 0 Å². The largest absolute Gasteiger partial charge is 0.496 e. The predicted octanol–water partition coefficient (Wildman–Crippen LogP) is 3.41. The van der Waals surface area contributed by atoms with Gasteiger partial charge in [-0.15, -0.1) is 0 Å². The first-order valence-corrected chi connectivity index (χ1v) is 9.16. The van der Waals surface area contributed by atoms with Gasteiger partial charge in [0.25, 0.3) is 0 Å². The molecule has 0 radical (unpaired) electrons. The van der Waals surface area contributed by atoms with Gasteiger partial charge in [0.2, 0.25) is 17.6 Å². The SMILES string of the molecule is COc1ccc(-c2noc(C3CC(=O)N(Cc4ccccc4OC)C3)n2)cc1F. The highest BCUT2D eigenvalue weighted by atomic mass is 19.1. The second-order valence-corrected chi connectivity index (χ2v) is 6.79. The average Bonchev–Trinajstić information content (AvgIpc) is 3.36. The van der Waals surface area contributed by atoms with Gasteiger partial charge >= 0.3 is 0 Å². The fourth-order valence-corrected chi connectivity index (χ4v) is 3.45. The molecule has 1 atom stereocenters. The summed E-state index contributed by atoms with van der Waals surface area (Å²) in [7, 11) is 3.01. The maximum absolute atomic E-state index is 13.9. The van der Waals surface area contributed by atoms with Gasteiger partial charge in [-0.2, -0.15) is 4.98 Å². The lowest BCUT2D eigenvalue weighted by Gasteiger charge is -2.17. The Balaban J connectivity index is 1.49. The van der Waals surface area contributed by atoms with Crippen LogP contribution < -0.4 is 9.47 Å². The number of hydrogen-bond acceptors (Lipinski definition) is 6. The zero-order chi connectivity index (χ0) is 20.4. The Labute approximate surface area is 167 Å². The number of halogens is 1. The van der Waals surface area contributed by atoms with Crippen molar-refractivity contribution >= 4 is 5.91 Å². The predicted molar refractivity (Wildman–Crippen MR) is 102 cm³/mol. The van der Waals surface area contributed by atoms with Crippen LogP contribution in [0.5, 0.6) is 11.5 Å². The molecular formula is C21H20FN3O4. The Morgan fingerprint density at radius 3 is 2.72 bits per heavy atom. The van der Waals surface area contributed by atoms with Gasteiger partial charge in [0.1, 0.15) is 5.75 Å². The Morgan fingerprint density at radius 2 is 1.97 bits per heavy atom. The Bertz CT molecular complexity index is 1040. The summed E-state index contributed by atoms with van der Waals surface area (Å²) >= 11 is 0. The lowest BCUT2D eigenvalue weighted by molar-refractivity contribution is -0.128. The van der Waals surface area contributed by atoms with Crippen LogP contribution in [0.15, 0.2) is 47.0 Å². The molecule has 8 heteroatoms. The molecule has 0 aliphatic carbocycles. The van der Waals surface area contributed by atoms with Crippen molar-refractivity contribution in [2.75, 3.05) is 20.8 Å². The van der Waals surface area contributed by atoms with E-state index in [9.17, 15) is 9.18 Å². The maximum Gasteiger partial charge on any atom is 0.232 e. The molecule has 2 heterocycles. The monoisotopic (exact) mass is 397 g/mol. The summed E-state index contributed by atoms with van der Waals surface area (Å²) in [5, 5.41) is 3.95. The first kappa shape index (κ1) is 18.9.